The van der Waals surface area contributed by atoms with Crippen molar-refractivity contribution in [2.75, 3.05) is 13.2 Å². The van der Waals surface area contributed by atoms with E-state index in [0.717, 1.165) is 41.7 Å². The molecular weight excluding hydrogens is 364 g/mol. The van der Waals surface area contributed by atoms with Gasteiger partial charge in [0.05, 0.1) is 13.2 Å². The van der Waals surface area contributed by atoms with Crippen molar-refractivity contribution >= 4 is 12.4 Å². The third kappa shape index (κ3) is 4.40. The third-order valence-corrected chi connectivity index (χ3v) is 4.38. The van der Waals surface area contributed by atoms with Gasteiger partial charge in [0.2, 0.25) is 0 Å². The molecule has 0 radical (unpaired) electrons. The summed E-state index contributed by atoms with van der Waals surface area (Å²) in [6, 6.07) is 10.2. The Bertz CT molecular complexity index is 897. The molecule has 1 aromatic carbocycles. The van der Waals surface area contributed by atoms with E-state index < -0.39 is 0 Å². The zero-order valence-corrected chi connectivity index (χ0v) is 16.0. The second-order valence-corrected chi connectivity index (χ2v) is 6.27. The van der Waals surface area contributed by atoms with Crippen LogP contribution in [0.15, 0.2) is 48.9 Å². The topological polar surface area (TPSA) is 61.2 Å². The van der Waals surface area contributed by atoms with Crippen LogP contribution < -0.4 is 14.8 Å². The van der Waals surface area contributed by atoms with E-state index in [9.17, 15) is 0 Å². The molecule has 3 heterocycles. The minimum atomic E-state index is 0. The monoisotopic (exact) mass is 386 g/mol. The fourth-order valence-corrected chi connectivity index (χ4v) is 3.06. The average molecular weight is 387 g/mol. The predicted octanol–water partition coefficient (Wildman–Crippen LogP) is 3.45. The molecule has 1 N–H and O–H groups in total. The molecule has 1 aliphatic rings. The highest BCUT2D eigenvalue weighted by molar-refractivity contribution is 5.85. The maximum atomic E-state index is 5.88. The first kappa shape index (κ1) is 19.2. The number of rotatable bonds is 5. The molecule has 2 aromatic heterocycles. The van der Waals surface area contributed by atoms with Gasteiger partial charge < -0.3 is 14.8 Å². The Morgan fingerprint density at radius 1 is 1.07 bits per heavy atom. The molecule has 0 atom stereocenters. The van der Waals surface area contributed by atoms with Gasteiger partial charge in [0.1, 0.15) is 11.6 Å². The van der Waals surface area contributed by atoms with Crippen LogP contribution in [0.25, 0.3) is 5.82 Å². The molecule has 1 aliphatic heterocycles. The van der Waals surface area contributed by atoms with Crippen LogP contribution in [0, 0.1) is 6.92 Å². The SMILES string of the molecule is Cc1nccn1-c1cc(CNCc2cccc3c2OCCCO3)ccn1.Cl. The Balaban J connectivity index is 0.00000210. The lowest BCUT2D eigenvalue weighted by molar-refractivity contribution is 0.296. The molecule has 4 rings (SSSR count). The van der Waals surface area contributed by atoms with Gasteiger partial charge in [-0.1, -0.05) is 12.1 Å². The molecular formula is C20H23ClN4O2. The fraction of sp³-hybridized carbons (Fsp3) is 0.300. The molecule has 142 valence electrons. The number of aromatic nitrogens is 3. The van der Waals surface area contributed by atoms with Gasteiger partial charge in [-0.15, -0.1) is 12.4 Å². The summed E-state index contributed by atoms with van der Waals surface area (Å²) in [7, 11) is 0. The van der Waals surface area contributed by atoms with Crippen molar-refractivity contribution in [3.8, 4) is 17.3 Å². The van der Waals surface area contributed by atoms with E-state index in [1.807, 2.05) is 42.1 Å². The molecule has 0 bridgehead atoms. The number of nitrogens with one attached hydrogen (secondary N) is 1. The molecule has 27 heavy (non-hydrogen) atoms. The lowest BCUT2D eigenvalue weighted by Crippen LogP contribution is -2.14. The Kier molecular flexibility index (Phi) is 6.32. The smallest absolute Gasteiger partial charge is 0.165 e. The Morgan fingerprint density at radius 2 is 1.96 bits per heavy atom. The van der Waals surface area contributed by atoms with E-state index in [1.54, 1.807) is 6.20 Å². The first-order valence-electron chi connectivity index (χ1n) is 8.85. The van der Waals surface area contributed by atoms with Crippen LogP contribution >= 0.6 is 12.4 Å². The number of benzene rings is 1. The summed E-state index contributed by atoms with van der Waals surface area (Å²) < 4.78 is 13.6. The summed E-state index contributed by atoms with van der Waals surface area (Å²) in [5.41, 5.74) is 2.28. The molecule has 0 unspecified atom stereocenters. The lowest BCUT2D eigenvalue weighted by Gasteiger charge is -2.13. The maximum absolute atomic E-state index is 5.88. The van der Waals surface area contributed by atoms with Crippen LogP contribution in [0.4, 0.5) is 0 Å². The summed E-state index contributed by atoms with van der Waals surface area (Å²) >= 11 is 0. The first-order chi connectivity index (χ1) is 12.8. The van der Waals surface area contributed by atoms with Crippen molar-refractivity contribution in [2.24, 2.45) is 0 Å². The summed E-state index contributed by atoms with van der Waals surface area (Å²) in [5.74, 6) is 3.50. The third-order valence-electron chi connectivity index (χ3n) is 4.38. The molecule has 3 aromatic rings. The van der Waals surface area contributed by atoms with Gasteiger partial charge in [-0.05, 0) is 30.7 Å². The van der Waals surface area contributed by atoms with Gasteiger partial charge >= 0.3 is 0 Å². The number of aryl methyl sites for hydroxylation is 1. The summed E-state index contributed by atoms with van der Waals surface area (Å²) in [4.78, 5) is 8.69. The zero-order chi connectivity index (χ0) is 17.8. The number of hydrogen-bond donors (Lipinski definition) is 1. The highest BCUT2D eigenvalue weighted by Gasteiger charge is 2.14. The van der Waals surface area contributed by atoms with Gasteiger partial charge in [-0.3, -0.25) is 4.57 Å². The second-order valence-electron chi connectivity index (χ2n) is 6.27. The van der Waals surface area contributed by atoms with E-state index >= 15 is 0 Å². The van der Waals surface area contributed by atoms with Crippen LogP contribution in [0.3, 0.4) is 0 Å². The van der Waals surface area contributed by atoms with Gasteiger partial charge in [0.25, 0.3) is 0 Å². The van der Waals surface area contributed by atoms with Crippen molar-refractivity contribution in [2.45, 2.75) is 26.4 Å². The number of ether oxygens (including phenoxy) is 2. The highest BCUT2D eigenvalue weighted by Crippen LogP contribution is 2.33. The van der Waals surface area contributed by atoms with Gasteiger partial charge in [-0.25, -0.2) is 9.97 Å². The van der Waals surface area contributed by atoms with Gasteiger partial charge in [-0.2, -0.15) is 0 Å². The zero-order valence-electron chi connectivity index (χ0n) is 15.2. The molecule has 0 saturated heterocycles. The van der Waals surface area contributed by atoms with Crippen LogP contribution in [-0.4, -0.2) is 27.7 Å². The van der Waals surface area contributed by atoms with Gasteiger partial charge in [0.15, 0.2) is 11.5 Å². The Labute approximate surface area is 165 Å². The average Bonchev–Trinajstić information content (AvgIpc) is 2.94. The first-order valence-corrected chi connectivity index (χ1v) is 8.85. The highest BCUT2D eigenvalue weighted by atomic mass is 35.5. The van der Waals surface area contributed by atoms with E-state index in [4.69, 9.17) is 9.47 Å². The molecule has 6 nitrogen and oxygen atoms in total. The number of fused-ring (bicyclic) bond motifs is 1. The molecule has 0 aliphatic carbocycles. The van der Waals surface area contributed by atoms with Crippen molar-refractivity contribution in [1.82, 2.24) is 19.9 Å². The van der Waals surface area contributed by atoms with E-state index in [0.29, 0.717) is 19.8 Å². The number of nitrogens with zero attached hydrogens (tertiary/aromatic N) is 3. The summed E-state index contributed by atoms with van der Waals surface area (Å²) in [5, 5.41) is 3.49. The molecule has 7 heteroatoms. The molecule has 0 fully saturated rings. The maximum Gasteiger partial charge on any atom is 0.165 e. The van der Waals surface area contributed by atoms with Crippen molar-refractivity contribution in [3.63, 3.8) is 0 Å². The Hall–Kier alpha value is -2.57. The van der Waals surface area contributed by atoms with Crippen LogP contribution in [0.1, 0.15) is 23.4 Å². The Morgan fingerprint density at radius 3 is 2.81 bits per heavy atom. The van der Waals surface area contributed by atoms with Crippen molar-refractivity contribution in [1.29, 1.82) is 0 Å². The predicted molar refractivity (Wildman–Crippen MR) is 106 cm³/mol. The van der Waals surface area contributed by atoms with Crippen molar-refractivity contribution in [3.05, 3.63) is 65.9 Å². The number of pyridine rings is 1. The second kappa shape index (κ2) is 8.88. The summed E-state index contributed by atoms with van der Waals surface area (Å²) in [6.45, 7) is 4.83. The van der Waals surface area contributed by atoms with Crippen LogP contribution in [-0.2, 0) is 13.1 Å². The standard InChI is InChI=1S/C20H22N4O2.ClH/c1-15-22-8-9-24(15)19-12-16(6-7-23-19)13-21-14-17-4-2-5-18-20(17)26-11-3-10-25-18;/h2,4-9,12,21H,3,10-11,13-14H2,1H3;1H. The minimum Gasteiger partial charge on any atom is -0.490 e. The largest absolute Gasteiger partial charge is 0.490 e. The number of imidazole rings is 1. The van der Waals surface area contributed by atoms with E-state index in [1.165, 1.54) is 5.56 Å². The van der Waals surface area contributed by atoms with E-state index in [2.05, 4.69) is 27.4 Å². The number of halogens is 1. The summed E-state index contributed by atoms with van der Waals surface area (Å²) in [6.07, 6.45) is 6.45. The molecule has 0 saturated carbocycles. The van der Waals surface area contributed by atoms with E-state index in [-0.39, 0.29) is 12.4 Å². The molecule has 0 spiro atoms. The van der Waals surface area contributed by atoms with Gasteiger partial charge in [0, 0.05) is 43.7 Å². The van der Waals surface area contributed by atoms with Crippen LogP contribution in [0.5, 0.6) is 11.5 Å². The van der Waals surface area contributed by atoms with Crippen LogP contribution in [0.2, 0.25) is 0 Å². The fourth-order valence-electron chi connectivity index (χ4n) is 3.06. The van der Waals surface area contributed by atoms with Crippen molar-refractivity contribution < 1.29 is 9.47 Å². The quantitative estimate of drug-likeness (QED) is 0.727. The normalized spacial score (nSPS) is 12.9. The number of para-hydroxylation sites is 1. The lowest BCUT2D eigenvalue weighted by atomic mass is 10.1. The molecule has 0 amide bonds. The number of hydrogen-bond acceptors (Lipinski definition) is 5. The minimum absolute atomic E-state index is 0.